The number of hydrogen-bond donors (Lipinski definition) is 2. The van der Waals surface area contributed by atoms with Gasteiger partial charge in [0.25, 0.3) is 0 Å². The fourth-order valence-corrected chi connectivity index (χ4v) is 3.55. The van der Waals surface area contributed by atoms with Crippen molar-refractivity contribution in [2.24, 2.45) is 5.41 Å². The fourth-order valence-electron chi connectivity index (χ4n) is 3.55. The van der Waals surface area contributed by atoms with E-state index in [1.807, 2.05) is 6.92 Å². The molecule has 2 rings (SSSR count). The van der Waals surface area contributed by atoms with Crippen LogP contribution in [0.4, 0.5) is 0 Å². The second-order valence-corrected chi connectivity index (χ2v) is 7.46. The van der Waals surface area contributed by atoms with Crippen molar-refractivity contribution in [1.82, 2.24) is 10.2 Å². The predicted molar refractivity (Wildman–Crippen MR) is 81.9 cm³/mol. The summed E-state index contributed by atoms with van der Waals surface area (Å²) in [7, 11) is 0. The van der Waals surface area contributed by atoms with E-state index in [1.54, 1.807) is 0 Å². The van der Waals surface area contributed by atoms with E-state index in [0.717, 1.165) is 65.1 Å². The molecule has 0 amide bonds. The molecule has 0 radical (unpaired) electrons. The molecule has 0 aliphatic carbocycles. The molecule has 2 aliphatic rings. The number of hydrogen-bond acceptors (Lipinski definition) is 4. The lowest BCUT2D eigenvalue weighted by atomic mass is 9.78. The van der Waals surface area contributed by atoms with E-state index in [0.29, 0.717) is 11.5 Å². The van der Waals surface area contributed by atoms with Gasteiger partial charge in [-0.2, -0.15) is 0 Å². The molecule has 0 aromatic heterocycles. The summed E-state index contributed by atoms with van der Waals surface area (Å²) in [6, 6.07) is 0.527. The van der Waals surface area contributed by atoms with E-state index in [4.69, 9.17) is 4.74 Å². The summed E-state index contributed by atoms with van der Waals surface area (Å²) in [5.41, 5.74) is -0.188. The van der Waals surface area contributed by atoms with Gasteiger partial charge in [-0.3, -0.25) is 4.90 Å². The molecule has 0 spiro atoms. The van der Waals surface area contributed by atoms with Gasteiger partial charge in [0.15, 0.2) is 0 Å². The van der Waals surface area contributed by atoms with Crippen LogP contribution in [-0.2, 0) is 4.74 Å². The minimum atomic E-state index is -0.504. The highest BCUT2D eigenvalue weighted by Crippen LogP contribution is 2.33. The van der Waals surface area contributed by atoms with Crippen LogP contribution in [-0.4, -0.2) is 61.0 Å². The zero-order valence-electron chi connectivity index (χ0n) is 13.5. The van der Waals surface area contributed by atoms with Gasteiger partial charge in [0.1, 0.15) is 0 Å². The number of piperidine rings is 1. The highest BCUT2D eigenvalue weighted by atomic mass is 16.5. The zero-order valence-corrected chi connectivity index (χ0v) is 13.5. The molecule has 0 bridgehead atoms. The van der Waals surface area contributed by atoms with Gasteiger partial charge in [-0.15, -0.1) is 0 Å². The van der Waals surface area contributed by atoms with Crippen molar-refractivity contribution in [1.29, 1.82) is 0 Å². The molecule has 2 saturated heterocycles. The first kappa shape index (κ1) is 16.2. The lowest BCUT2D eigenvalue weighted by molar-refractivity contribution is -0.0500. The van der Waals surface area contributed by atoms with Crippen LogP contribution in [0.2, 0.25) is 0 Å². The van der Waals surface area contributed by atoms with Gasteiger partial charge in [0.05, 0.1) is 5.60 Å². The normalized spacial score (nSPS) is 31.6. The van der Waals surface area contributed by atoms with Crippen molar-refractivity contribution in [3.8, 4) is 0 Å². The van der Waals surface area contributed by atoms with E-state index in [1.165, 1.54) is 0 Å². The smallest absolute Gasteiger partial charge is 0.0746 e. The molecule has 1 atom stereocenters. The molecule has 0 aromatic rings. The molecule has 20 heavy (non-hydrogen) atoms. The third kappa shape index (κ3) is 4.69. The molecule has 4 heteroatoms. The summed E-state index contributed by atoms with van der Waals surface area (Å²) < 4.78 is 5.57. The molecule has 0 saturated carbocycles. The van der Waals surface area contributed by atoms with Crippen molar-refractivity contribution < 1.29 is 9.84 Å². The molecule has 2 heterocycles. The first-order valence-electron chi connectivity index (χ1n) is 8.17. The summed E-state index contributed by atoms with van der Waals surface area (Å²) in [4.78, 5) is 2.47. The summed E-state index contributed by atoms with van der Waals surface area (Å²) in [6.07, 6.45) is 4.30. The van der Waals surface area contributed by atoms with Crippen molar-refractivity contribution in [2.75, 3.05) is 39.4 Å². The quantitative estimate of drug-likeness (QED) is 0.805. The first-order chi connectivity index (χ1) is 9.41. The minimum Gasteiger partial charge on any atom is -0.389 e. The summed E-state index contributed by atoms with van der Waals surface area (Å²) in [5, 5.41) is 13.9. The topological polar surface area (TPSA) is 44.7 Å². The minimum absolute atomic E-state index is 0.315. The van der Waals surface area contributed by atoms with Crippen LogP contribution in [0.3, 0.4) is 0 Å². The Hall–Kier alpha value is -0.160. The number of ether oxygens (including phenoxy) is 1. The number of nitrogens with zero attached hydrogens (tertiary/aromatic N) is 1. The van der Waals surface area contributed by atoms with Gasteiger partial charge in [-0.05, 0) is 44.6 Å². The van der Waals surface area contributed by atoms with Gasteiger partial charge in [-0.25, -0.2) is 0 Å². The lowest BCUT2D eigenvalue weighted by Crippen LogP contribution is -2.53. The monoisotopic (exact) mass is 284 g/mol. The van der Waals surface area contributed by atoms with Crippen LogP contribution in [0.25, 0.3) is 0 Å². The third-order valence-corrected chi connectivity index (χ3v) is 4.75. The number of β-amino-alcohol motifs (C(OH)–C–C–N with tert-alkyl or cyclic N) is 1. The van der Waals surface area contributed by atoms with E-state index >= 15 is 0 Å². The highest BCUT2D eigenvalue weighted by molar-refractivity contribution is 4.91. The van der Waals surface area contributed by atoms with E-state index in [-0.39, 0.29) is 0 Å². The molecule has 2 N–H and O–H groups in total. The maximum absolute atomic E-state index is 10.3. The van der Waals surface area contributed by atoms with Crippen LogP contribution in [0.1, 0.15) is 46.5 Å². The zero-order chi connectivity index (χ0) is 14.6. The molecular formula is C16H32N2O2. The molecule has 1 unspecified atom stereocenters. The summed E-state index contributed by atoms with van der Waals surface area (Å²) in [6.45, 7) is 12.2. The highest BCUT2D eigenvalue weighted by Gasteiger charge is 2.37. The van der Waals surface area contributed by atoms with Crippen molar-refractivity contribution >= 4 is 0 Å². The van der Waals surface area contributed by atoms with Gasteiger partial charge in [0.2, 0.25) is 0 Å². The Morgan fingerprint density at radius 2 is 1.95 bits per heavy atom. The first-order valence-corrected chi connectivity index (χ1v) is 8.17. The van der Waals surface area contributed by atoms with Gasteiger partial charge in [0, 0.05) is 38.9 Å². The van der Waals surface area contributed by atoms with Crippen LogP contribution < -0.4 is 5.32 Å². The van der Waals surface area contributed by atoms with E-state index in [9.17, 15) is 5.11 Å². The van der Waals surface area contributed by atoms with Gasteiger partial charge < -0.3 is 15.2 Å². The second kappa shape index (κ2) is 6.73. The average molecular weight is 284 g/mol. The number of nitrogens with one attached hydrogen (secondary N) is 1. The average Bonchev–Trinajstić information content (AvgIpc) is 2.36. The van der Waals surface area contributed by atoms with Gasteiger partial charge >= 0.3 is 0 Å². The van der Waals surface area contributed by atoms with Crippen LogP contribution >= 0.6 is 0 Å². The molecule has 2 aliphatic heterocycles. The third-order valence-electron chi connectivity index (χ3n) is 4.75. The van der Waals surface area contributed by atoms with Crippen molar-refractivity contribution in [2.45, 2.75) is 58.1 Å². The van der Waals surface area contributed by atoms with E-state index < -0.39 is 5.60 Å². The Morgan fingerprint density at radius 3 is 2.55 bits per heavy atom. The van der Waals surface area contributed by atoms with Crippen molar-refractivity contribution in [3.05, 3.63) is 0 Å². The number of likely N-dealkylation sites (tertiary alicyclic amines) is 1. The van der Waals surface area contributed by atoms with E-state index in [2.05, 4.69) is 24.1 Å². The fraction of sp³-hybridized carbons (Fsp3) is 1.00. The Labute approximate surface area is 123 Å². The maximum Gasteiger partial charge on any atom is 0.0746 e. The van der Waals surface area contributed by atoms with Gasteiger partial charge in [-0.1, -0.05) is 13.8 Å². The second-order valence-electron chi connectivity index (χ2n) is 7.46. The molecule has 2 fully saturated rings. The lowest BCUT2D eigenvalue weighted by Gasteiger charge is -2.45. The number of aliphatic hydroxyl groups is 1. The largest absolute Gasteiger partial charge is 0.389 e. The number of rotatable bonds is 5. The Kier molecular flexibility index (Phi) is 5.46. The van der Waals surface area contributed by atoms with Crippen LogP contribution in [0, 0.1) is 5.41 Å². The Bertz CT molecular complexity index is 299. The summed E-state index contributed by atoms with van der Waals surface area (Å²) in [5.74, 6) is 0. The molecular weight excluding hydrogens is 252 g/mol. The Balaban J connectivity index is 1.96. The standard InChI is InChI=1S/C16H32N2O2/c1-14(2)17-11-16(6-9-20-10-7-16)13-18-8-4-5-15(3,19)12-18/h14,17,19H,4-13H2,1-3H3. The SMILES string of the molecule is CC(C)NCC1(CN2CCCC(C)(O)C2)CCOCC1. The summed E-state index contributed by atoms with van der Waals surface area (Å²) >= 11 is 0. The maximum atomic E-state index is 10.3. The molecule has 118 valence electrons. The predicted octanol–water partition coefficient (Wildman–Crippen LogP) is 1.63. The molecule has 0 aromatic carbocycles. The van der Waals surface area contributed by atoms with Crippen LogP contribution in [0.5, 0.6) is 0 Å². The Morgan fingerprint density at radius 1 is 1.25 bits per heavy atom. The van der Waals surface area contributed by atoms with Crippen LogP contribution in [0.15, 0.2) is 0 Å². The van der Waals surface area contributed by atoms with Crippen molar-refractivity contribution in [3.63, 3.8) is 0 Å². The molecule has 4 nitrogen and oxygen atoms in total.